The lowest BCUT2D eigenvalue weighted by molar-refractivity contribution is -0.142. The molecule has 0 bridgehead atoms. The van der Waals surface area contributed by atoms with Crippen molar-refractivity contribution in [3.05, 3.63) is 64.1 Å². The second-order valence-corrected chi connectivity index (χ2v) is 8.60. The van der Waals surface area contributed by atoms with E-state index in [1.165, 1.54) is 12.1 Å². The first-order chi connectivity index (χ1) is 16.0. The SMILES string of the molecule is CC(C)Sc1nc(C(F)(F)F)ccc1C=CC(=O)O.O=C(O)C=Cc1ccc(C(F)(F)F)nc1Cl. The number of pyridine rings is 2. The van der Waals surface area contributed by atoms with E-state index in [4.69, 9.17) is 21.8 Å². The predicted octanol–water partition coefficient (Wildman–Crippen LogP) is 6.55. The maximum atomic E-state index is 12.6. The van der Waals surface area contributed by atoms with Crippen LogP contribution in [0.1, 0.15) is 36.4 Å². The molecule has 2 aromatic heterocycles. The van der Waals surface area contributed by atoms with Gasteiger partial charge in [-0.2, -0.15) is 26.3 Å². The summed E-state index contributed by atoms with van der Waals surface area (Å²) in [5.74, 6) is -2.39. The highest BCUT2D eigenvalue weighted by atomic mass is 35.5. The molecule has 2 aromatic rings. The molecule has 0 saturated heterocycles. The molecule has 0 saturated carbocycles. The molecule has 35 heavy (non-hydrogen) atoms. The Morgan fingerprint density at radius 1 is 0.857 bits per heavy atom. The molecule has 0 unspecified atom stereocenters. The Morgan fingerprint density at radius 3 is 1.69 bits per heavy atom. The quantitative estimate of drug-likeness (QED) is 0.185. The molecule has 0 aliphatic carbocycles. The molecule has 0 aromatic carbocycles. The first-order valence-corrected chi connectivity index (χ1v) is 10.6. The van der Waals surface area contributed by atoms with E-state index >= 15 is 0 Å². The Labute approximate surface area is 204 Å². The van der Waals surface area contributed by atoms with Crippen LogP contribution in [0, 0.1) is 0 Å². The number of carboxylic acid groups (broad SMARTS) is 2. The predicted molar refractivity (Wildman–Crippen MR) is 118 cm³/mol. The number of hydrogen-bond acceptors (Lipinski definition) is 5. The number of aromatic nitrogens is 2. The average molecular weight is 543 g/mol. The van der Waals surface area contributed by atoms with Crippen molar-refractivity contribution in [1.82, 2.24) is 9.97 Å². The van der Waals surface area contributed by atoms with Gasteiger partial charge in [-0.25, -0.2) is 19.6 Å². The number of rotatable bonds is 6. The first kappa shape index (κ1) is 30.0. The third-order valence-corrected chi connectivity index (χ3v) is 4.83. The van der Waals surface area contributed by atoms with Crippen molar-refractivity contribution in [2.24, 2.45) is 0 Å². The monoisotopic (exact) mass is 542 g/mol. The molecular weight excluding hydrogens is 526 g/mol. The van der Waals surface area contributed by atoms with E-state index in [9.17, 15) is 35.9 Å². The Kier molecular flexibility index (Phi) is 10.8. The van der Waals surface area contributed by atoms with E-state index in [0.29, 0.717) is 5.56 Å². The van der Waals surface area contributed by atoms with Gasteiger partial charge in [-0.05, 0) is 30.4 Å². The third-order valence-electron chi connectivity index (χ3n) is 3.51. The second-order valence-electron chi connectivity index (χ2n) is 6.67. The van der Waals surface area contributed by atoms with Gasteiger partial charge in [0.15, 0.2) is 0 Å². The van der Waals surface area contributed by atoms with Crippen LogP contribution in [0.2, 0.25) is 5.15 Å². The van der Waals surface area contributed by atoms with E-state index in [-0.39, 0.29) is 15.8 Å². The Hall–Kier alpha value is -3.06. The number of nitrogens with zero attached hydrogens (tertiary/aromatic N) is 2. The summed E-state index contributed by atoms with van der Waals surface area (Å²) in [6, 6.07) is 3.84. The molecular formula is C21H17ClF6N2O4S. The van der Waals surface area contributed by atoms with Gasteiger partial charge in [0.25, 0.3) is 0 Å². The Morgan fingerprint density at radius 2 is 1.29 bits per heavy atom. The summed E-state index contributed by atoms with van der Waals surface area (Å²) in [4.78, 5) is 27.3. The van der Waals surface area contributed by atoms with Crippen LogP contribution in [0.4, 0.5) is 26.3 Å². The van der Waals surface area contributed by atoms with E-state index in [0.717, 1.165) is 48.2 Å². The minimum Gasteiger partial charge on any atom is -0.478 e. The molecule has 0 aliphatic heterocycles. The molecule has 2 heterocycles. The van der Waals surface area contributed by atoms with Crippen LogP contribution in [0.25, 0.3) is 12.2 Å². The van der Waals surface area contributed by atoms with Gasteiger partial charge in [-0.15, -0.1) is 11.8 Å². The summed E-state index contributed by atoms with van der Waals surface area (Å²) in [7, 11) is 0. The lowest BCUT2D eigenvalue weighted by Crippen LogP contribution is -2.09. The molecule has 0 radical (unpaired) electrons. The summed E-state index contributed by atoms with van der Waals surface area (Å²) in [6.45, 7) is 3.63. The lowest BCUT2D eigenvalue weighted by atomic mass is 10.2. The Balaban J connectivity index is 0.000000355. The van der Waals surface area contributed by atoms with Gasteiger partial charge in [0, 0.05) is 28.5 Å². The number of carbonyl (C=O) groups is 2. The van der Waals surface area contributed by atoms with E-state index in [2.05, 4.69) is 9.97 Å². The number of alkyl halides is 6. The number of aliphatic carboxylic acids is 2. The van der Waals surface area contributed by atoms with Crippen LogP contribution in [0.15, 0.2) is 41.4 Å². The van der Waals surface area contributed by atoms with Crippen LogP contribution < -0.4 is 0 Å². The minimum absolute atomic E-state index is 0.0351. The summed E-state index contributed by atoms with van der Waals surface area (Å²) in [5, 5.41) is 16.7. The fourth-order valence-corrected chi connectivity index (χ4v) is 3.19. The fraction of sp³-hybridized carbons (Fsp3) is 0.238. The van der Waals surface area contributed by atoms with Crippen LogP contribution in [0.3, 0.4) is 0 Å². The molecule has 0 aliphatic rings. The van der Waals surface area contributed by atoms with Crippen LogP contribution in [-0.2, 0) is 21.9 Å². The number of carboxylic acids is 2. The third kappa shape index (κ3) is 10.8. The van der Waals surface area contributed by atoms with E-state index in [1.807, 2.05) is 13.8 Å². The number of thioether (sulfide) groups is 1. The number of halogens is 7. The summed E-state index contributed by atoms with van der Waals surface area (Å²) >= 11 is 6.62. The van der Waals surface area contributed by atoms with Crippen molar-refractivity contribution < 1.29 is 46.1 Å². The second kappa shape index (κ2) is 12.6. The smallest absolute Gasteiger partial charge is 0.433 e. The summed E-state index contributed by atoms with van der Waals surface area (Å²) in [6.07, 6.45) is -5.15. The molecule has 6 nitrogen and oxygen atoms in total. The van der Waals surface area contributed by atoms with Crippen molar-refractivity contribution in [2.75, 3.05) is 0 Å². The highest BCUT2D eigenvalue weighted by Crippen LogP contribution is 2.33. The molecule has 14 heteroatoms. The zero-order valence-corrected chi connectivity index (χ0v) is 19.4. The van der Waals surface area contributed by atoms with Gasteiger partial charge in [-0.1, -0.05) is 31.5 Å². The average Bonchev–Trinajstić information content (AvgIpc) is 2.70. The van der Waals surface area contributed by atoms with Gasteiger partial charge in [0.05, 0.1) is 0 Å². The molecule has 0 atom stereocenters. The molecule has 190 valence electrons. The largest absolute Gasteiger partial charge is 0.478 e. The normalized spacial score (nSPS) is 12.2. The molecule has 0 amide bonds. The molecule has 2 rings (SSSR count). The van der Waals surface area contributed by atoms with Gasteiger partial charge < -0.3 is 10.2 Å². The summed E-state index contributed by atoms with van der Waals surface area (Å²) in [5.41, 5.74) is -1.64. The van der Waals surface area contributed by atoms with Crippen molar-refractivity contribution in [1.29, 1.82) is 0 Å². The van der Waals surface area contributed by atoms with E-state index in [1.54, 1.807) is 0 Å². The van der Waals surface area contributed by atoms with Crippen LogP contribution in [0.5, 0.6) is 0 Å². The van der Waals surface area contributed by atoms with Crippen molar-refractivity contribution in [2.45, 2.75) is 36.5 Å². The fourth-order valence-electron chi connectivity index (χ4n) is 2.10. The molecule has 2 N–H and O–H groups in total. The zero-order chi connectivity index (χ0) is 27.0. The van der Waals surface area contributed by atoms with Gasteiger partial charge in [0.1, 0.15) is 21.6 Å². The maximum absolute atomic E-state index is 12.6. The van der Waals surface area contributed by atoms with Gasteiger partial charge in [0.2, 0.25) is 0 Å². The van der Waals surface area contributed by atoms with E-state index < -0.39 is 40.8 Å². The molecule has 0 spiro atoms. The summed E-state index contributed by atoms with van der Waals surface area (Å²) < 4.78 is 74.2. The zero-order valence-electron chi connectivity index (χ0n) is 17.9. The topological polar surface area (TPSA) is 100 Å². The van der Waals surface area contributed by atoms with Crippen molar-refractivity contribution in [3.63, 3.8) is 0 Å². The van der Waals surface area contributed by atoms with Crippen LogP contribution in [-0.4, -0.2) is 37.4 Å². The molecule has 0 fully saturated rings. The standard InChI is InChI=1S/C12H12F3NO2S.C9H5ClF3NO2/c1-7(2)19-11-8(4-6-10(17)18)3-5-9(16-11)12(13,14)15;10-8-5(2-4-7(15)16)1-3-6(14-8)9(11,12)13/h3-7H,1-2H3,(H,17,18);1-4H,(H,15,16). The van der Waals surface area contributed by atoms with Crippen LogP contribution >= 0.6 is 23.4 Å². The minimum atomic E-state index is -4.57. The number of hydrogen-bond donors (Lipinski definition) is 2. The van der Waals surface area contributed by atoms with Crippen molar-refractivity contribution in [3.8, 4) is 0 Å². The highest BCUT2D eigenvalue weighted by molar-refractivity contribution is 7.99. The first-order valence-electron chi connectivity index (χ1n) is 9.31. The van der Waals surface area contributed by atoms with Gasteiger partial charge >= 0.3 is 24.3 Å². The lowest BCUT2D eigenvalue weighted by Gasteiger charge is -2.11. The van der Waals surface area contributed by atoms with Gasteiger partial charge in [-0.3, -0.25) is 0 Å². The Bertz CT molecular complexity index is 1120. The van der Waals surface area contributed by atoms with Crippen molar-refractivity contribution >= 4 is 47.5 Å². The highest BCUT2D eigenvalue weighted by Gasteiger charge is 2.33. The maximum Gasteiger partial charge on any atom is 0.433 e.